The van der Waals surface area contributed by atoms with Crippen LogP contribution in [0.15, 0.2) is 36.1 Å². The van der Waals surface area contributed by atoms with Gasteiger partial charge in [0, 0.05) is 6.42 Å². The smallest absolute Gasteiger partial charge is 0.387 e. The predicted molar refractivity (Wildman–Crippen MR) is 72.8 cm³/mol. The fraction of sp³-hybridized carbons (Fsp3) is 0.467. The molecule has 3 nitrogen and oxygen atoms in total. The Bertz CT molecular complexity index is 463. The van der Waals surface area contributed by atoms with Crippen molar-refractivity contribution in [3.8, 4) is 5.75 Å². The van der Waals surface area contributed by atoms with Crippen LogP contribution < -0.4 is 10.1 Å². The second-order valence-corrected chi connectivity index (χ2v) is 4.58. The maximum absolute atomic E-state index is 12.3. The molecular weight excluding hydrogens is 264 g/mol. The van der Waals surface area contributed by atoms with Gasteiger partial charge in [-0.3, -0.25) is 0 Å². The van der Waals surface area contributed by atoms with Crippen LogP contribution in [-0.4, -0.2) is 19.8 Å². The molecule has 0 radical (unpaired) electrons. The van der Waals surface area contributed by atoms with Crippen molar-refractivity contribution < 1.29 is 18.3 Å². The lowest BCUT2D eigenvalue weighted by Gasteiger charge is -2.20. The van der Waals surface area contributed by atoms with Crippen LogP contribution in [0.2, 0.25) is 0 Å². The molecule has 0 bridgehead atoms. The minimum Gasteiger partial charge on any atom is -0.496 e. The van der Waals surface area contributed by atoms with E-state index in [4.69, 9.17) is 4.74 Å². The zero-order valence-electron chi connectivity index (χ0n) is 11.4. The van der Waals surface area contributed by atoms with Gasteiger partial charge >= 0.3 is 6.61 Å². The standard InChI is InChI=1S/C15H19F2NO2/c1-2-8-18-14(13-7-4-9-19-13)11-5-3-6-12(10-11)20-15(16)17/h3,5-7,10,14-15,18H,2,4,8-9H2,1H3. The van der Waals surface area contributed by atoms with E-state index < -0.39 is 6.61 Å². The van der Waals surface area contributed by atoms with Crippen molar-refractivity contribution in [2.24, 2.45) is 0 Å². The molecule has 110 valence electrons. The van der Waals surface area contributed by atoms with Crippen LogP contribution in [0.4, 0.5) is 8.78 Å². The first-order valence-electron chi connectivity index (χ1n) is 6.81. The molecule has 1 aromatic carbocycles. The largest absolute Gasteiger partial charge is 0.496 e. The number of hydrogen-bond donors (Lipinski definition) is 1. The fourth-order valence-corrected chi connectivity index (χ4v) is 2.18. The van der Waals surface area contributed by atoms with E-state index in [1.165, 1.54) is 6.07 Å². The number of rotatable bonds is 7. The highest BCUT2D eigenvalue weighted by Crippen LogP contribution is 2.29. The molecule has 1 atom stereocenters. The summed E-state index contributed by atoms with van der Waals surface area (Å²) >= 11 is 0. The predicted octanol–water partition coefficient (Wildman–Crippen LogP) is 3.63. The number of nitrogens with one attached hydrogen (secondary N) is 1. The van der Waals surface area contributed by atoms with Gasteiger partial charge < -0.3 is 14.8 Å². The van der Waals surface area contributed by atoms with Crippen molar-refractivity contribution in [3.63, 3.8) is 0 Å². The summed E-state index contributed by atoms with van der Waals surface area (Å²) in [5.41, 5.74) is 0.866. The topological polar surface area (TPSA) is 30.5 Å². The minimum absolute atomic E-state index is 0.112. The third-order valence-electron chi connectivity index (χ3n) is 3.03. The summed E-state index contributed by atoms with van der Waals surface area (Å²) in [6.07, 6.45) is 3.90. The molecule has 1 aromatic rings. The Morgan fingerprint density at radius 3 is 2.90 bits per heavy atom. The first-order valence-corrected chi connectivity index (χ1v) is 6.81. The quantitative estimate of drug-likeness (QED) is 0.829. The number of hydrogen-bond acceptors (Lipinski definition) is 3. The van der Waals surface area contributed by atoms with E-state index in [1.54, 1.807) is 12.1 Å². The summed E-state index contributed by atoms with van der Waals surface area (Å²) in [7, 11) is 0. The Hall–Kier alpha value is -1.62. The molecule has 0 spiro atoms. The van der Waals surface area contributed by atoms with Crippen LogP contribution in [-0.2, 0) is 4.74 Å². The van der Waals surface area contributed by atoms with Crippen molar-refractivity contribution in [1.82, 2.24) is 5.32 Å². The monoisotopic (exact) mass is 283 g/mol. The molecule has 0 saturated heterocycles. The van der Waals surface area contributed by atoms with Crippen LogP contribution in [0.5, 0.6) is 5.75 Å². The summed E-state index contributed by atoms with van der Waals surface area (Å²) in [5, 5.41) is 3.37. The van der Waals surface area contributed by atoms with Crippen molar-refractivity contribution >= 4 is 0 Å². The number of alkyl halides is 2. The maximum Gasteiger partial charge on any atom is 0.387 e. The maximum atomic E-state index is 12.3. The van der Waals surface area contributed by atoms with Crippen molar-refractivity contribution in [2.75, 3.05) is 13.2 Å². The van der Waals surface area contributed by atoms with Crippen molar-refractivity contribution in [3.05, 3.63) is 41.7 Å². The highest BCUT2D eigenvalue weighted by atomic mass is 19.3. The summed E-state index contributed by atoms with van der Waals surface area (Å²) in [6, 6.07) is 6.63. The molecule has 2 rings (SSSR count). The molecule has 1 aliphatic heterocycles. The van der Waals surface area contributed by atoms with Gasteiger partial charge in [-0.05, 0) is 36.7 Å². The lowest BCUT2D eigenvalue weighted by molar-refractivity contribution is -0.0499. The van der Waals surface area contributed by atoms with Crippen molar-refractivity contribution in [2.45, 2.75) is 32.4 Å². The van der Waals surface area contributed by atoms with Gasteiger partial charge in [-0.15, -0.1) is 0 Å². The normalized spacial score (nSPS) is 15.9. The molecule has 0 aromatic heterocycles. The van der Waals surface area contributed by atoms with Crippen molar-refractivity contribution in [1.29, 1.82) is 0 Å². The summed E-state index contributed by atoms with van der Waals surface area (Å²) in [5.74, 6) is 1.02. The zero-order chi connectivity index (χ0) is 14.4. The van der Waals surface area contributed by atoms with Gasteiger partial charge in [0.1, 0.15) is 11.5 Å². The van der Waals surface area contributed by atoms with E-state index in [1.807, 2.05) is 12.1 Å². The molecule has 0 aliphatic carbocycles. The van der Waals surface area contributed by atoms with Crippen LogP contribution >= 0.6 is 0 Å². The minimum atomic E-state index is -2.81. The number of halogens is 2. The fourth-order valence-electron chi connectivity index (χ4n) is 2.18. The Morgan fingerprint density at radius 2 is 2.25 bits per heavy atom. The molecule has 1 N–H and O–H groups in total. The molecule has 20 heavy (non-hydrogen) atoms. The van der Waals surface area contributed by atoms with E-state index in [9.17, 15) is 8.78 Å². The van der Waals surface area contributed by atoms with Gasteiger partial charge in [-0.2, -0.15) is 8.78 Å². The molecule has 1 unspecified atom stereocenters. The molecule has 0 saturated carbocycles. The van der Waals surface area contributed by atoms with Crippen LogP contribution in [0, 0.1) is 0 Å². The Balaban J connectivity index is 2.18. The van der Waals surface area contributed by atoms with Gasteiger partial charge in [0.2, 0.25) is 0 Å². The zero-order valence-corrected chi connectivity index (χ0v) is 11.4. The molecule has 1 heterocycles. The summed E-state index contributed by atoms with van der Waals surface area (Å²) in [4.78, 5) is 0. The average Bonchev–Trinajstić information content (AvgIpc) is 2.93. The first kappa shape index (κ1) is 14.8. The van der Waals surface area contributed by atoms with Crippen LogP contribution in [0.1, 0.15) is 31.4 Å². The third kappa shape index (κ3) is 3.93. The summed E-state index contributed by atoms with van der Waals surface area (Å²) in [6.45, 7) is 0.761. The van der Waals surface area contributed by atoms with Gasteiger partial charge in [-0.1, -0.05) is 19.1 Å². The number of ether oxygens (including phenoxy) is 2. The van der Waals surface area contributed by atoms with Gasteiger partial charge in [-0.25, -0.2) is 0 Å². The summed E-state index contributed by atoms with van der Waals surface area (Å²) < 4.78 is 34.6. The lowest BCUT2D eigenvalue weighted by Crippen LogP contribution is -2.24. The number of benzene rings is 1. The SMILES string of the molecule is CCCNC(C1=CCCO1)c1cccc(OC(F)F)c1. The van der Waals surface area contributed by atoms with Gasteiger partial charge in [0.15, 0.2) is 0 Å². The van der Waals surface area contributed by atoms with E-state index in [2.05, 4.69) is 17.0 Å². The molecule has 5 heteroatoms. The molecule has 1 aliphatic rings. The Morgan fingerprint density at radius 1 is 1.40 bits per heavy atom. The molecule has 0 amide bonds. The van der Waals surface area contributed by atoms with Crippen LogP contribution in [0.25, 0.3) is 0 Å². The molecular formula is C15H19F2NO2. The first-order chi connectivity index (χ1) is 9.70. The molecule has 0 fully saturated rings. The Labute approximate surface area is 117 Å². The average molecular weight is 283 g/mol. The van der Waals surface area contributed by atoms with E-state index >= 15 is 0 Å². The second kappa shape index (κ2) is 7.24. The van der Waals surface area contributed by atoms with E-state index in [0.29, 0.717) is 6.61 Å². The third-order valence-corrected chi connectivity index (χ3v) is 3.03. The highest BCUT2D eigenvalue weighted by molar-refractivity contribution is 5.34. The van der Waals surface area contributed by atoms with E-state index in [-0.39, 0.29) is 11.8 Å². The van der Waals surface area contributed by atoms with E-state index in [0.717, 1.165) is 30.7 Å². The lowest BCUT2D eigenvalue weighted by atomic mass is 10.0. The second-order valence-electron chi connectivity index (χ2n) is 4.58. The highest BCUT2D eigenvalue weighted by Gasteiger charge is 2.20. The van der Waals surface area contributed by atoms with Gasteiger partial charge in [0.05, 0.1) is 12.6 Å². The Kier molecular flexibility index (Phi) is 5.35. The van der Waals surface area contributed by atoms with Crippen LogP contribution in [0.3, 0.4) is 0 Å². The van der Waals surface area contributed by atoms with Gasteiger partial charge in [0.25, 0.3) is 0 Å².